The van der Waals surface area contributed by atoms with E-state index in [2.05, 4.69) is 5.32 Å². The smallest absolute Gasteiger partial charge is 0.305 e. The number of carboxylic acids is 1. The summed E-state index contributed by atoms with van der Waals surface area (Å²) < 4.78 is 0. The van der Waals surface area contributed by atoms with Gasteiger partial charge in [0.1, 0.15) is 0 Å². The zero-order valence-corrected chi connectivity index (χ0v) is 12.2. The first kappa shape index (κ1) is 14.7. The number of carbonyl (C=O) groups excluding carboxylic acids is 1. The van der Waals surface area contributed by atoms with Gasteiger partial charge >= 0.3 is 5.97 Å². The first-order valence-corrected chi connectivity index (χ1v) is 8.01. The molecule has 1 saturated carbocycles. The quantitative estimate of drug-likeness (QED) is 0.815. The molecule has 1 aliphatic heterocycles. The van der Waals surface area contributed by atoms with Crippen LogP contribution in [0.4, 0.5) is 0 Å². The summed E-state index contributed by atoms with van der Waals surface area (Å²) in [4.78, 5) is 25.4. The fourth-order valence-corrected chi connectivity index (χ4v) is 4.08. The second kappa shape index (κ2) is 6.13. The minimum absolute atomic E-state index is 0.0492. The van der Waals surface area contributed by atoms with Crippen molar-refractivity contribution in [3.8, 4) is 0 Å². The van der Waals surface area contributed by atoms with Gasteiger partial charge < -0.3 is 10.0 Å². The van der Waals surface area contributed by atoms with Gasteiger partial charge in [-0.05, 0) is 12.8 Å². The van der Waals surface area contributed by atoms with Crippen molar-refractivity contribution in [3.63, 3.8) is 0 Å². The molecule has 1 unspecified atom stereocenters. The summed E-state index contributed by atoms with van der Waals surface area (Å²) in [5.74, 6) is 0.825. The number of hydrogen-bond donors (Lipinski definition) is 2. The standard InChI is InChI=1S/C13H22N2O3S/c1-15(12(18)10-8-19-9-14-10)13(7-11(16)17)5-3-2-4-6-13/h10,14H,2-9H2,1H3,(H,16,17). The van der Waals surface area contributed by atoms with E-state index in [1.807, 2.05) is 0 Å². The number of rotatable bonds is 4. The van der Waals surface area contributed by atoms with E-state index in [0.29, 0.717) is 0 Å². The molecule has 0 bridgehead atoms. The first-order valence-electron chi connectivity index (χ1n) is 6.86. The predicted octanol–water partition coefficient (Wildman–Crippen LogP) is 1.28. The van der Waals surface area contributed by atoms with E-state index in [1.54, 1.807) is 23.7 Å². The number of nitrogens with zero attached hydrogens (tertiary/aromatic N) is 1. The molecule has 2 rings (SSSR count). The maximum absolute atomic E-state index is 12.5. The highest BCUT2D eigenvalue weighted by atomic mass is 32.2. The van der Waals surface area contributed by atoms with Crippen LogP contribution in [-0.2, 0) is 9.59 Å². The average molecular weight is 286 g/mol. The number of amides is 1. The molecule has 0 aromatic heterocycles. The Labute approximate surface area is 118 Å². The second-order valence-corrected chi connectivity index (χ2v) is 6.55. The van der Waals surface area contributed by atoms with Gasteiger partial charge in [-0.2, -0.15) is 0 Å². The summed E-state index contributed by atoms with van der Waals surface area (Å²) in [7, 11) is 1.78. The summed E-state index contributed by atoms with van der Waals surface area (Å²) in [5, 5.41) is 12.3. The second-order valence-electron chi connectivity index (χ2n) is 5.52. The topological polar surface area (TPSA) is 69.6 Å². The Balaban J connectivity index is 2.11. The number of likely N-dealkylation sites (N-methyl/N-ethyl adjacent to an activating group) is 1. The summed E-state index contributed by atoms with van der Waals surface area (Å²) in [5.41, 5.74) is -0.476. The summed E-state index contributed by atoms with van der Waals surface area (Å²) in [6.45, 7) is 0. The lowest BCUT2D eigenvalue weighted by atomic mass is 9.78. The Morgan fingerprint density at radius 3 is 2.58 bits per heavy atom. The molecule has 1 amide bonds. The minimum atomic E-state index is -0.810. The summed E-state index contributed by atoms with van der Waals surface area (Å²) in [6, 6.07) is -0.150. The van der Waals surface area contributed by atoms with Gasteiger partial charge in [0.2, 0.25) is 5.91 Å². The Bertz CT molecular complexity index is 350. The minimum Gasteiger partial charge on any atom is -0.481 e. The van der Waals surface area contributed by atoms with Crippen LogP contribution in [0.25, 0.3) is 0 Å². The zero-order valence-electron chi connectivity index (χ0n) is 11.4. The van der Waals surface area contributed by atoms with Crippen molar-refractivity contribution >= 4 is 23.6 Å². The Morgan fingerprint density at radius 1 is 1.37 bits per heavy atom. The normalized spacial score (nSPS) is 26.1. The van der Waals surface area contributed by atoms with Crippen molar-refractivity contribution < 1.29 is 14.7 Å². The maximum atomic E-state index is 12.5. The van der Waals surface area contributed by atoms with Crippen molar-refractivity contribution in [2.24, 2.45) is 0 Å². The van der Waals surface area contributed by atoms with Gasteiger partial charge in [0.15, 0.2) is 0 Å². The number of aliphatic carboxylic acids is 1. The highest BCUT2D eigenvalue weighted by Crippen LogP contribution is 2.36. The van der Waals surface area contributed by atoms with Gasteiger partial charge in [-0.3, -0.25) is 14.9 Å². The van der Waals surface area contributed by atoms with Crippen LogP contribution in [0.2, 0.25) is 0 Å². The van der Waals surface area contributed by atoms with E-state index in [9.17, 15) is 9.59 Å². The lowest BCUT2D eigenvalue weighted by molar-refractivity contribution is -0.146. The summed E-state index contributed by atoms with van der Waals surface area (Å²) >= 11 is 1.71. The number of thioether (sulfide) groups is 1. The lowest BCUT2D eigenvalue weighted by Crippen LogP contribution is -2.56. The predicted molar refractivity (Wildman–Crippen MR) is 75.1 cm³/mol. The monoisotopic (exact) mass is 286 g/mol. The van der Waals surface area contributed by atoms with Crippen LogP contribution in [0.15, 0.2) is 0 Å². The number of nitrogens with one attached hydrogen (secondary N) is 1. The van der Waals surface area contributed by atoms with Crippen molar-refractivity contribution in [3.05, 3.63) is 0 Å². The molecule has 0 spiro atoms. The molecular weight excluding hydrogens is 264 g/mol. The summed E-state index contributed by atoms with van der Waals surface area (Å²) in [6.07, 6.45) is 4.84. The Hall–Kier alpha value is -0.750. The van der Waals surface area contributed by atoms with Gasteiger partial charge in [-0.25, -0.2) is 0 Å². The Morgan fingerprint density at radius 2 is 2.05 bits per heavy atom. The highest BCUT2D eigenvalue weighted by Gasteiger charge is 2.42. The molecule has 0 radical (unpaired) electrons. The molecule has 0 aromatic rings. The molecule has 5 nitrogen and oxygen atoms in total. The highest BCUT2D eigenvalue weighted by molar-refractivity contribution is 7.99. The third-order valence-electron chi connectivity index (χ3n) is 4.32. The number of carboxylic acid groups (broad SMARTS) is 1. The third-order valence-corrected chi connectivity index (χ3v) is 5.26. The SMILES string of the molecule is CN(C(=O)C1CSCN1)C1(CC(=O)O)CCCCC1. The van der Waals surface area contributed by atoms with Crippen molar-refractivity contribution in [1.29, 1.82) is 0 Å². The van der Waals surface area contributed by atoms with Crippen molar-refractivity contribution in [1.82, 2.24) is 10.2 Å². The number of hydrogen-bond acceptors (Lipinski definition) is 4. The molecule has 1 aliphatic carbocycles. The van der Waals surface area contributed by atoms with Crippen LogP contribution < -0.4 is 5.32 Å². The van der Waals surface area contributed by atoms with Gasteiger partial charge in [0.05, 0.1) is 18.0 Å². The fraction of sp³-hybridized carbons (Fsp3) is 0.846. The molecule has 1 atom stereocenters. The molecule has 1 saturated heterocycles. The molecule has 0 aromatic carbocycles. The van der Waals surface area contributed by atoms with E-state index in [0.717, 1.165) is 43.7 Å². The van der Waals surface area contributed by atoms with Gasteiger partial charge in [-0.15, -0.1) is 11.8 Å². The Kier molecular flexibility index (Phi) is 4.73. The number of carbonyl (C=O) groups is 2. The van der Waals surface area contributed by atoms with Crippen LogP contribution >= 0.6 is 11.8 Å². The zero-order chi connectivity index (χ0) is 13.9. The van der Waals surface area contributed by atoms with E-state index in [4.69, 9.17) is 5.11 Å². The molecule has 6 heteroatoms. The van der Waals surface area contributed by atoms with E-state index in [-0.39, 0.29) is 18.4 Å². The molecular formula is C13H22N2O3S. The molecule has 108 valence electrons. The molecule has 2 N–H and O–H groups in total. The van der Waals surface area contributed by atoms with Gasteiger partial charge in [0, 0.05) is 18.7 Å². The molecule has 2 aliphatic rings. The fourth-order valence-electron chi connectivity index (χ4n) is 3.14. The van der Waals surface area contributed by atoms with E-state index < -0.39 is 11.5 Å². The molecule has 2 fully saturated rings. The van der Waals surface area contributed by atoms with Gasteiger partial charge in [0.25, 0.3) is 0 Å². The van der Waals surface area contributed by atoms with Crippen molar-refractivity contribution in [2.75, 3.05) is 18.7 Å². The van der Waals surface area contributed by atoms with Crippen LogP contribution in [0.3, 0.4) is 0 Å². The third kappa shape index (κ3) is 3.23. The maximum Gasteiger partial charge on any atom is 0.305 e. The van der Waals surface area contributed by atoms with Crippen molar-refractivity contribution in [2.45, 2.75) is 50.1 Å². The van der Waals surface area contributed by atoms with Crippen LogP contribution in [0, 0.1) is 0 Å². The molecule has 19 heavy (non-hydrogen) atoms. The first-order chi connectivity index (χ1) is 9.05. The average Bonchev–Trinajstić information content (AvgIpc) is 2.91. The van der Waals surface area contributed by atoms with Crippen LogP contribution in [0.5, 0.6) is 0 Å². The van der Waals surface area contributed by atoms with E-state index >= 15 is 0 Å². The molecule has 1 heterocycles. The van der Waals surface area contributed by atoms with E-state index in [1.165, 1.54) is 0 Å². The van der Waals surface area contributed by atoms with Crippen LogP contribution in [-0.4, -0.2) is 52.1 Å². The lowest BCUT2D eigenvalue weighted by Gasteiger charge is -2.44. The largest absolute Gasteiger partial charge is 0.481 e. The van der Waals surface area contributed by atoms with Gasteiger partial charge in [-0.1, -0.05) is 19.3 Å². The van der Waals surface area contributed by atoms with Crippen LogP contribution in [0.1, 0.15) is 38.5 Å².